The highest BCUT2D eigenvalue weighted by atomic mass is 35.5. The van der Waals surface area contributed by atoms with E-state index in [2.05, 4.69) is 9.55 Å². The predicted molar refractivity (Wildman–Crippen MR) is 59.2 cm³/mol. The Kier molecular flexibility index (Phi) is 3.10. The Morgan fingerprint density at radius 3 is 3.00 bits per heavy atom. The van der Waals surface area contributed by atoms with Crippen LogP contribution in [-0.4, -0.2) is 15.3 Å². The highest BCUT2D eigenvalue weighted by Crippen LogP contribution is 2.23. The molecule has 0 aromatic carbocycles. The van der Waals surface area contributed by atoms with Crippen LogP contribution in [0.1, 0.15) is 37.7 Å². The number of carbonyl (C=O) groups is 1. The molecule has 4 heteroatoms. The second kappa shape index (κ2) is 4.35. The van der Waals surface area contributed by atoms with Crippen molar-refractivity contribution in [2.75, 3.05) is 0 Å². The molecule has 0 radical (unpaired) electrons. The summed E-state index contributed by atoms with van der Waals surface area (Å²) < 4.78 is 2.06. The monoisotopic (exact) mass is 226 g/mol. The fourth-order valence-electron chi connectivity index (χ4n) is 2.03. The van der Waals surface area contributed by atoms with Gasteiger partial charge >= 0.3 is 0 Å². The Bertz CT molecular complexity index is 384. The lowest BCUT2D eigenvalue weighted by atomic mass is 10.2. The zero-order valence-electron chi connectivity index (χ0n) is 8.92. The molecule has 0 N–H and O–H groups in total. The molecule has 0 spiro atoms. The number of aryl methyl sites for hydroxylation is 1. The van der Waals surface area contributed by atoms with E-state index >= 15 is 0 Å². The molecule has 1 aliphatic rings. The number of imidazole rings is 1. The smallest absolute Gasteiger partial charge is 0.135 e. The van der Waals surface area contributed by atoms with Crippen LogP contribution in [0.2, 0.25) is 5.15 Å². The summed E-state index contributed by atoms with van der Waals surface area (Å²) >= 11 is 6.21. The lowest BCUT2D eigenvalue weighted by Crippen LogP contribution is -2.00. The first kappa shape index (κ1) is 10.7. The fourth-order valence-corrected chi connectivity index (χ4v) is 2.32. The molecule has 1 aliphatic heterocycles. The van der Waals surface area contributed by atoms with Gasteiger partial charge in [-0.2, -0.15) is 0 Å². The molecular formula is C11H15ClN2O. The zero-order valence-corrected chi connectivity index (χ0v) is 9.68. The summed E-state index contributed by atoms with van der Waals surface area (Å²) in [5.74, 6) is 1.17. The molecule has 0 bridgehead atoms. The summed E-state index contributed by atoms with van der Waals surface area (Å²) in [4.78, 5) is 15.5. The highest BCUT2D eigenvalue weighted by molar-refractivity contribution is 6.30. The van der Waals surface area contributed by atoms with Crippen molar-refractivity contribution < 1.29 is 4.79 Å². The first-order valence-corrected chi connectivity index (χ1v) is 5.79. The summed E-state index contributed by atoms with van der Waals surface area (Å²) in [6.07, 6.45) is 4.91. The van der Waals surface area contributed by atoms with Crippen LogP contribution in [0.4, 0.5) is 0 Å². The van der Waals surface area contributed by atoms with Gasteiger partial charge in [-0.05, 0) is 19.8 Å². The number of aromatic nitrogens is 2. The number of hydrogen-bond donors (Lipinski definition) is 0. The minimum Gasteiger partial charge on any atom is -0.319 e. The second-order valence-corrected chi connectivity index (χ2v) is 4.46. The molecule has 1 aromatic heterocycles. The van der Waals surface area contributed by atoms with Crippen molar-refractivity contribution in [1.29, 1.82) is 0 Å². The van der Waals surface area contributed by atoms with E-state index in [4.69, 9.17) is 11.6 Å². The highest BCUT2D eigenvalue weighted by Gasteiger charge is 2.17. The predicted octanol–water partition coefficient (Wildman–Crippen LogP) is 2.39. The van der Waals surface area contributed by atoms with Gasteiger partial charge in [0.05, 0.1) is 12.1 Å². The maximum Gasteiger partial charge on any atom is 0.135 e. The minimum atomic E-state index is 0.116. The molecule has 0 aliphatic carbocycles. The van der Waals surface area contributed by atoms with Gasteiger partial charge in [0.25, 0.3) is 0 Å². The molecule has 0 fully saturated rings. The maximum absolute atomic E-state index is 11.0. The van der Waals surface area contributed by atoms with Gasteiger partial charge in [-0.1, -0.05) is 18.0 Å². The number of fused-ring (bicyclic) bond motifs is 1. The van der Waals surface area contributed by atoms with Crippen molar-refractivity contribution in [1.82, 2.24) is 9.55 Å². The lowest BCUT2D eigenvalue weighted by molar-refractivity contribution is -0.116. The molecule has 2 heterocycles. The van der Waals surface area contributed by atoms with Gasteiger partial charge in [0, 0.05) is 13.0 Å². The lowest BCUT2D eigenvalue weighted by Gasteiger charge is -2.03. The van der Waals surface area contributed by atoms with Crippen LogP contribution in [0.15, 0.2) is 0 Å². The number of carbonyl (C=O) groups excluding carboxylic acids is 1. The van der Waals surface area contributed by atoms with Crippen LogP contribution in [0.5, 0.6) is 0 Å². The van der Waals surface area contributed by atoms with Crippen molar-refractivity contribution in [3.8, 4) is 0 Å². The van der Waals surface area contributed by atoms with E-state index in [9.17, 15) is 4.79 Å². The first-order chi connectivity index (χ1) is 7.18. The van der Waals surface area contributed by atoms with E-state index < -0.39 is 0 Å². The van der Waals surface area contributed by atoms with E-state index in [1.807, 2.05) is 0 Å². The maximum atomic E-state index is 11.0. The van der Waals surface area contributed by atoms with Gasteiger partial charge < -0.3 is 4.57 Å². The Labute approximate surface area is 94.4 Å². The normalized spacial score (nSPS) is 15.9. The summed E-state index contributed by atoms with van der Waals surface area (Å²) in [6.45, 7) is 2.51. The molecule has 0 atom stereocenters. The molecule has 15 heavy (non-hydrogen) atoms. The van der Waals surface area contributed by atoms with Crippen molar-refractivity contribution in [3.63, 3.8) is 0 Å². The van der Waals surface area contributed by atoms with Crippen LogP contribution in [-0.2, 0) is 24.2 Å². The number of Topliss-reactive ketones (excluding diaryl/α,β-unsaturated/α-hetero) is 1. The molecule has 0 saturated carbocycles. The number of rotatable bonds is 2. The molecular weight excluding hydrogens is 212 g/mol. The SMILES string of the molecule is CC(=O)Cc1nc2n(c1Cl)CCCCC2. The summed E-state index contributed by atoms with van der Waals surface area (Å²) in [7, 11) is 0. The molecule has 0 unspecified atom stereocenters. The van der Waals surface area contributed by atoms with Crippen LogP contribution in [0.25, 0.3) is 0 Å². The fraction of sp³-hybridized carbons (Fsp3) is 0.636. The number of ketones is 1. The zero-order chi connectivity index (χ0) is 10.8. The van der Waals surface area contributed by atoms with E-state index in [0.717, 1.165) is 30.9 Å². The molecule has 3 nitrogen and oxygen atoms in total. The third kappa shape index (κ3) is 2.23. The van der Waals surface area contributed by atoms with Crippen LogP contribution >= 0.6 is 11.6 Å². The Balaban J connectivity index is 2.31. The van der Waals surface area contributed by atoms with Crippen molar-refractivity contribution >= 4 is 17.4 Å². The second-order valence-electron chi connectivity index (χ2n) is 4.11. The van der Waals surface area contributed by atoms with E-state index in [0.29, 0.717) is 11.6 Å². The van der Waals surface area contributed by atoms with Crippen molar-refractivity contribution in [2.24, 2.45) is 0 Å². The third-order valence-corrected chi connectivity index (χ3v) is 3.17. The van der Waals surface area contributed by atoms with Gasteiger partial charge in [0.2, 0.25) is 0 Å². The van der Waals surface area contributed by atoms with E-state index in [-0.39, 0.29) is 5.78 Å². The van der Waals surface area contributed by atoms with Crippen molar-refractivity contribution in [2.45, 2.75) is 45.6 Å². The number of hydrogen-bond acceptors (Lipinski definition) is 2. The topological polar surface area (TPSA) is 34.9 Å². The Hall–Kier alpha value is -0.830. The van der Waals surface area contributed by atoms with E-state index in [1.54, 1.807) is 6.92 Å². The van der Waals surface area contributed by atoms with Gasteiger partial charge in [0.15, 0.2) is 0 Å². The summed E-state index contributed by atoms with van der Waals surface area (Å²) in [5.41, 5.74) is 0.751. The standard InChI is InChI=1S/C11H15ClN2O/c1-8(15)7-9-11(12)14-6-4-2-3-5-10(14)13-9/h2-7H2,1H3. The molecule has 0 saturated heterocycles. The summed E-state index contributed by atoms with van der Waals surface area (Å²) in [5, 5.41) is 0.669. The van der Waals surface area contributed by atoms with Crippen LogP contribution in [0, 0.1) is 0 Å². The average molecular weight is 227 g/mol. The molecule has 2 rings (SSSR count). The molecule has 82 valence electrons. The van der Waals surface area contributed by atoms with Gasteiger partial charge in [-0.15, -0.1) is 0 Å². The third-order valence-electron chi connectivity index (χ3n) is 2.75. The number of halogens is 1. The van der Waals surface area contributed by atoms with Crippen LogP contribution in [0.3, 0.4) is 0 Å². The number of nitrogens with zero attached hydrogens (tertiary/aromatic N) is 2. The minimum absolute atomic E-state index is 0.116. The largest absolute Gasteiger partial charge is 0.319 e. The van der Waals surface area contributed by atoms with E-state index in [1.165, 1.54) is 12.8 Å². The van der Waals surface area contributed by atoms with Gasteiger partial charge in [-0.25, -0.2) is 4.98 Å². The van der Waals surface area contributed by atoms with Crippen molar-refractivity contribution in [3.05, 3.63) is 16.7 Å². The Morgan fingerprint density at radius 2 is 2.27 bits per heavy atom. The van der Waals surface area contributed by atoms with Gasteiger partial charge in [-0.3, -0.25) is 4.79 Å². The average Bonchev–Trinajstić information content (AvgIpc) is 2.40. The van der Waals surface area contributed by atoms with Gasteiger partial charge in [0.1, 0.15) is 16.8 Å². The summed E-state index contributed by atoms with van der Waals surface area (Å²) in [6, 6.07) is 0. The van der Waals surface area contributed by atoms with Crippen LogP contribution < -0.4 is 0 Å². The molecule has 0 amide bonds. The quantitative estimate of drug-likeness (QED) is 0.776. The Morgan fingerprint density at radius 1 is 1.47 bits per heavy atom. The first-order valence-electron chi connectivity index (χ1n) is 5.41. The molecule has 1 aromatic rings.